The Morgan fingerprint density at radius 3 is 1.77 bits per heavy atom. The third-order valence-corrected chi connectivity index (χ3v) is 4.25. The molecule has 0 aliphatic rings. The molecule has 0 saturated heterocycles. The molecule has 0 heterocycles. The molecule has 0 aromatic heterocycles. The zero-order valence-corrected chi connectivity index (χ0v) is 13.4. The normalized spacial score (nSPS) is 14.4. The van der Waals surface area contributed by atoms with Gasteiger partial charge in [-0.25, -0.2) is 0 Å². The molecule has 0 aromatic rings. The number of rotatable bonds is 6. The second-order valence-electron chi connectivity index (χ2n) is 3.60. The van der Waals surface area contributed by atoms with Crippen LogP contribution in [0.5, 0.6) is 0 Å². The summed E-state index contributed by atoms with van der Waals surface area (Å²) in [5.74, 6) is -3.97. The van der Waals surface area contributed by atoms with Crippen molar-refractivity contribution in [1.29, 1.82) is 0 Å². The summed E-state index contributed by atoms with van der Waals surface area (Å²) in [6, 6.07) is 0. The zero-order valence-electron chi connectivity index (χ0n) is 10.3. The minimum atomic E-state index is -6.43. The first kappa shape index (κ1) is 21.4. The average Bonchev–Trinajstić information content (AvgIpc) is 2.38. The molecule has 13 heteroatoms. The van der Waals surface area contributed by atoms with Crippen LogP contribution in [0.4, 0.5) is 26.3 Å². The Morgan fingerprint density at radius 1 is 1.00 bits per heavy atom. The topological polar surface area (TPSA) is 75.7 Å². The van der Waals surface area contributed by atoms with Crippen LogP contribution in [0.3, 0.4) is 0 Å². The van der Waals surface area contributed by atoms with E-state index in [-0.39, 0.29) is 5.33 Å². The molecule has 0 amide bonds. The van der Waals surface area contributed by atoms with E-state index in [0.717, 1.165) is 0 Å². The number of hydrogen-bond acceptors (Lipinski definition) is 5. The Balaban J connectivity index is 4.67. The molecule has 5 nitrogen and oxygen atoms in total. The largest absolute Gasteiger partial charge is 0.828 e. The van der Waals surface area contributed by atoms with Gasteiger partial charge in [0.1, 0.15) is 18.0 Å². The fourth-order valence-corrected chi connectivity index (χ4v) is 1.32. The molecular formula is C9H7Br2F6O5-. The van der Waals surface area contributed by atoms with Crippen LogP contribution in [0.1, 0.15) is 0 Å². The molecule has 130 valence electrons. The molecule has 0 rings (SSSR count). The third kappa shape index (κ3) is 4.98. The predicted molar refractivity (Wildman–Crippen MR) is 63.3 cm³/mol. The quantitative estimate of drug-likeness (QED) is 0.255. The first-order chi connectivity index (χ1) is 9.79. The van der Waals surface area contributed by atoms with Gasteiger partial charge in [0.2, 0.25) is 0 Å². The van der Waals surface area contributed by atoms with Crippen LogP contribution in [-0.2, 0) is 19.1 Å². The number of halogens is 8. The van der Waals surface area contributed by atoms with Gasteiger partial charge in [-0.2, -0.15) is 26.3 Å². The van der Waals surface area contributed by atoms with Gasteiger partial charge in [0.25, 0.3) is 0 Å². The van der Waals surface area contributed by atoms with E-state index in [2.05, 4.69) is 41.3 Å². The highest BCUT2D eigenvalue weighted by atomic mass is 79.9. The first-order valence-electron chi connectivity index (χ1n) is 5.16. The SMILES string of the molecule is O=C(OCCOC(=O)C([O-])(C(F)(F)F)C(F)(F)F)C(Br)CBr. The van der Waals surface area contributed by atoms with E-state index in [9.17, 15) is 41.0 Å². The minimum absolute atomic E-state index is 0.122. The lowest BCUT2D eigenvalue weighted by Crippen LogP contribution is -2.71. The van der Waals surface area contributed by atoms with Crippen molar-refractivity contribution in [1.82, 2.24) is 0 Å². The van der Waals surface area contributed by atoms with Crippen LogP contribution < -0.4 is 5.11 Å². The van der Waals surface area contributed by atoms with Crippen molar-refractivity contribution in [3.05, 3.63) is 0 Å². The molecule has 0 aliphatic heterocycles. The lowest BCUT2D eigenvalue weighted by atomic mass is 10.0. The van der Waals surface area contributed by atoms with Crippen molar-refractivity contribution in [3.63, 3.8) is 0 Å². The van der Waals surface area contributed by atoms with Crippen molar-refractivity contribution >= 4 is 43.8 Å². The maximum atomic E-state index is 12.2. The van der Waals surface area contributed by atoms with Gasteiger partial charge in [-0.3, -0.25) is 9.59 Å². The highest BCUT2D eigenvalue weighted by molar-refractivity contribution is 9.12. The van der Waals surface area contributed by atoms with E-state index in [4.69, 9.17) is 0 Å². The molecule has 0 fully saturated rings. The van der Waals surface area contributed by atoms with Crippen molar-refractivity contribution in [2.75, 3.05) is 18.5 Å². The maximum Gasteiger partial charge on any atom is 0.399 e. The van der Waals surface area contributed by atoms with Crippen molar-refractivity contribution in [3.8, 4) is 0 Å². The van der Waals surface area contributed by atoms with Crippen LogP contribution >= 0.6 is 31.9 Å². The van der Waals surface area contributed by atoms with Gasteiger partial charge < -0.3 is 14.6 Å². The smallest absolute Gasteiger partial charge is 0.399 e. The Hall–Kier alpha value is -0.560. The number of carbonyl (C=O) groups is 2. The van der Waals surface area contributed by atoms with E-state index in [0.29, 0.717) is 0 Å². The van der Waals surface area contributed by atoms with E-state index in [1.54, 1.807) is 0 Å². The third-order valence-electron chi connectivity index (χ3n) is 2.04. The van der Waals surface area contributed by atoms with Crippen LogP contribution in [0.2, 0.25) is 0 Å². The summed E-state index contributed by atoms with van der Waals surface area (Å²) in [4.78, 5) is 21.1. The van der Waals surface area contributed by atoms with Gasteiger partial charge >= 0.3 is 24.3 Å². The van der Waals surface area contributed by atoms with E-state index in [1.165, 1.54) is 0 Å². The molecule has 0 N–H and O–H groups in total. The molecule has 0 aromatic carbocycles. The maximum absolute atomic E-state index is 12.2. The molecule has 0 radical (unpaired) electrons. The first-order valence-corrected chi connectivity index (χ1v) is 7.20. The molecule has 1 unspecified atom stereocenters. The molecule has 0 saturated carbocycles. The molecule has 0 aliphatic carbocycles. The fourth-order valence-electron chi connectivity index (χ4n) is 0.924. The van der Waals surface area contributed by atoms with Gasteiger partial charge in [-0.15, -0.1) is 0 Å². The summed E-state index contributed by atoms with van der Waals surface area (Å²) in [5.41, 5.74) is -5.90. The van der Waals surface area contributed by atoms with Gasteiger partial charge in [0, 0.05) is 5.33 Å². The standard InChI is InChI=1S/C9H7Br2F6O5/c10-3-4(11)5(18)21-1-2-22-6(19)7(20,8(12,13)14)9(15,16)17/h4H,1-3H2/q-1. The van der Waals surface area contributed by atoms with Crippen LogP contribution in [-0.4, -0.2) is 53.3 Å². The van der Waals surface area contributed by atoms with Gasteiger partial charge in [-0.05, 0) is 0 Å². The van der Waals surface area contributed by atoms with Crippen LogP contribution in [0.25, 0.3) is 0 Å². The van der Waals surface area contributed by atoms with Gasteiger partial charge in [0.05, 0.1) is 0 Å². The summed E-state index contributed by atoms with van der Waals surface area (Å²) in [5, 5.41) is 11.0. The average molecular weight is 469 g/mol. The van der Waals surface area contributed by atoms with Crippen molar-refractivity contribution in [2.24, 2.45) is 0 Å². The Labute approximate surface area is 136 Å². The van der Waals surface area contributed by atoms with E-state index >= 15 is 0 Å². The number of carbonyl (C=O) groups excluding carboxylic acids is 2. The molecule has 0 spiro atoms. The Morgan fingerprint density at radius 2 is 1.41 bits per heavy atom. The number of hydrogen-bond donors (Lipinski definition) is 0. The zero-order chi connectivity index (χ0) is 17.8. The summed E-state index contributed by atoms with van der Waals surface area (Å²) < 4.78 is 81.3. The molecule has 22 heavy (non-hydrogen) atoms. The number of alkyl halides is 8. The molecule has 0 bridgehead atoms. The van der Waals surface area contributed by atoms with Crippen molar-refractivity contribution in [2.45, 2.75) is 22.8 Å². The summed E-state index contributed by atoms with van der Waals surface area (Å²) in [6.45, 7) is -1.95. The lowest BCUT2D eigenvalue weighted by Gasteiger charge is -2.40. The monoisotopic (exact) mass is 467 g/mol. The van der Waals surface area contributed by atoms with Crippen LogP contribution in [0, 0.1) is 0 Å². The number of ether oxygens (including phenoxy) is 2. The van der Waals surface area contributed by atoms with E-state index in [1.807, 2.05) is 0 Å². The summed E-state index contributed by atoms with van der Waals surface area (Å²) in [6.07, 6.45) is -12.9. The fraction of sp³-hybridized carbons (Fsp3) is 0.778. The van der Waals surface area contributed by atoms with E-state index < -0.39 is 47.9 Å². The molecular weight excluding hydrogens is 462 g/mol. The lowest BCUT2D eigenvalue weighted by molar-refractivity contribution is -0.574. The second kappa shape index (κ2) is 7.81. The Kier molecular flexibility index (Phi) is 7.62. The van der Waals surface area contributed by atoms with Gasteiger partial charge in [0.15, 0.2) is 5.60 Å². The number of esters is 2. The summed E-state index contributed by atoms with van der Waals surface area (Å²) >= 11 is 5.72. The molecule has 1 atom stereocenters. The highest BCUT2D eigenvalue weighted by Crippen LogP contribution is 2.41. The highest BCUT2D eigenvalue weighted by Gasteiger charge is 2.68. The Bertz CT molecular complexity index is 396. The van der Waals surface area contributed by atoms with Crippen LogP contribution in [0.15, 0.2) is 0 Å². The predicted octanol–water partition coefficient (Wildman–Crippen LogP) is 1.45. The van der Waals surface area contributed by atoms with Gasteiger partial charge in [-0.1, -0.05) is 31.9 Å². The summed E-state index contributed by atoms with van der Waals surface area (Å²) in [7, 11) is 0. The van der Waals surface area contributed by atoms with Crippen molar-refractivity contribution < 1.29 is 50.5 Å². The second-order valence-corrected chi connectivity index (χ2v) is 5.35. The minimum Gasteiger partial charge on any atom is -0.828 e.